The molecule has 0 spiro atoms. The first kappa shape index (κ1) is 22.2. The summed E-state index contributed by atoms with van der Waals surface area (Å²) in [6.45, 7) is 0.682. The van der Waals surface area contributed by atoms with Gasteiger partial charge in [0.05, 0.1) is 31.0 Å². The molecular formula is C24H23N5O3S. The molecule has 9 heteroatoms. The van der Waals surface area contributed by atoms with Crippen LogP contribution in [0.15, 0.2) is 60.8 Å². The van der Waals surface area contributed by atoms with Gasteiger partial charge >= 0.3 is 0 Å². The van der Waals surface area contributed by atoms with E-state index >= 15 is 0 Å². The van der Waals surface area contributed by atoms with Gasteiger partial charge in [0.25, 0.3) is 5.91 Å². The van der Waals surface area contributed by atoms with E-state index in [1.54, 1.807) is 43.2 Å². The molecule has 0 radical (unpaired) electrons. The van der Waals surface area contributed by atoms with Crippen LogP contribution < -0.4 is 20.5 Å². The Hall–Kier alpha value is -3.98. The fourth-order valence-electron chi connectivity index (χ4n) is 3.48. The van der Waals surface area contributed by atoms with Crippen LogP contribution in [0.5, 0.6) is 11.5 Å². The van der Waals surface area contributed by atoms with Crippen molar-refractivity contribution in [2.45, 2.75) is 6.54 Å². The number of amides is 1. The van der Waals surface area contributed by atoms with E-state index in [9.17, 15) is 4.79 Å². The van der Waals surface area contributed by atoms with Gasteiger partial charge in [-0.2, -0.15) is 0 Å². The first-order valence-electron chi connectivity index (χ1n) is 10.2. The predicted molar refractivity (Wildman–Crippen MR) is 130 cm³/mol. The van der Waals surface area contributed by atoms with Crippen LogP contribution >= 0.6 is 12.2 Å². The lowest BCUT2D eigenvalue weighted by molar-refractivity contribution is 0.0952. The first-order chi connectivity index (χ1) is 16.0. The summed E-state index contributed by atoms with van der Waals surface area (Å²) in [5, 5.41) is 3.56. The lowest BCUT2D eigenvalue weighted by atomic mass is 10.1. The van der Waals surface area contributed by atoms with Gasteiger partial charge in [-0.15, -0.1) is 0 Å². The number of fused-ring (bicyclic) bond motifs is 1. The molecule has 2 heterocycles. The number of hydrogen-bond donors (Lipinski definition) is 2. The van der Waals surface area contributed by atoms with E-state index in [1.807, 2.05) is 36.4 Å². The van der Waals surface area contributed by atoms with Crippen LogP contribution in [0.4, 0.5) is 5.82 Å². The summed E-state index contributed by atoms with van der Waals surface area (Å²) >= 11 is 5.42. The van der Waals surface area contributed by atoms with Gasteiger partial charge in [-0.25, -0.2) is 4.98 Å². The maximum atomic E-state index is 12.6. The smallest absolute Gasteiger partial charge is 0.252 e. The van der Waals surface area contributed by atoms with Crippen molar-refractivity contribution in [3.05, 3.63) is 71.1 Å². The summed E-state index contributed by atoms with van der Waals surface area (Å²) in [6.07, 6.45) is 1.56. The lowest BCUT2D eigenvalue weighted by Crippen LogP contribution is -2.28. The van der Waals surface area contributed by atoms with Crippen molar-refractivity contribution in [1.82, 2.24) is 19.9 Å². The Labute approximate surface area is 196 Å². The Kier molecular flexibility index (Phi) is 6.50. The Morgan fingerprint density at radius 1 is 1.09 bits per heavy atom. The van der Waals surface area contributed by atoms with E-state index in [-0.39, 0.29) is 5.91 Å². The predicted octanol–water partition coefficient (Wildman–Crippen LogP) is 3.86. The van der Waals surface area contributed by atoms with Gasteiger partial charge in [0, 0.05) is 36.3 Å². The molecule has 0 unspecified atom stereocenters. The SMILES string of the molecule is COc1cc2nc(=S)n(CCNC(=O)c3ccc(-c4ccccc4)nc3)c(N)c2cc1OC. The summed E-state index contributed by atoms with van der Waals surface area (Å²) in [7, 11) is 3.11. The molecule has 33 heavy (non-hydrogen) atoms. The number of nitrogen functional groups attached to an aromatic ring is 1. The van der Waals surface area contributed by atoms with Crippen molar-refractivity contribution in [2.75, 3.05) is 26.5 Å². The first-order valence-corrected chi connectivity index (χ1v) is 10.6. The molecule has 0 fully saturated rings. The maximum absolute atomic E-state index is 12.6. The zero-order valence-corrected chi connectivity index (χ0v) is 19.1. The number of benzene rings is 2. The highest BCUT2D eigenvalue weighted by Gasteiger charge is 2.13. The van der Waals surface area contributed by atoms with Crippen LogP contribution in [0.2, 0.25) is 0 Å². The third-order valence-electron chi connectivity index (χ3n) is 5.23. The average molecular weight is 462 g/mol. The van der Waals surface area contributed by atoms with Gasteiger partial charge in [-0.1, -0.05) is 30.3 Å². The minimum Gasteiger partial charge on any atom is -0.493 e. The molecule has 4 rings (SSSR count). The summed E-state index contributed by atoms with van der Waals surface area (Å²) in [5.74, 6) is 1.30. The zero-order valence-electron chi connectivity index (χ0n) is 18.2. The topological polar surface area (TPSA) is 104 Å². The Balaban J connectivity index is 1.47. The minimum absolute atomic E-state index is 0.229. The monoisotopic (exact) mass is 461 g/mol. The summed E-state index contributed by atoms with van der Waals surface area (Å²) in [6, 6.07) is 16.9. The van der Waals surface area contributed by atoms with Crippen molar-refractivity contribution >= 4 is 34.8 Å². The molecule has 8 nitrogen and oxygen atoms in total. The highest BCUT2D eigenvalue weighted by Crippen LogP contribution is 2.33. The van der Waals surface area contributed by atoms with Gasteiger partial charge in [0.1, 0.15) is 5.82 Å². The second kappa shape index (κ2) is 9.66. The van der Waals surface area contributed by atoms with Crippen LogP contribution in [0.3, 0.4) is 0 Å². The molecule has 0 aliphatic carbocycles. The second-order valence-corrected chi connectivity index (χ2v) is 7.57. The number of carbonyl (C=O) groups excluding carboxylic acids is 1. The van der Waals surface area contributed by atoms with Gasteiger partial charge in [0.2, 0.25) is 4.77 Å². The normalized spacial score (nSPS) is 10.7. The molecule has 2 aromatic heterocycles. The lowest BCUT2D eigenvalue weighted by Gasteiger charge is -2.15. The van der Waals surface area contributed by atoms with Crippen LogP contribution in [0, 0.1) is 4.77 Å². The quantitative estimate of drug-likeness (QED) is 0.403. The molecule has 0 saturated carbocycles. The number of methoxy groups -OCH3 is 2. The third-order valence-corrected chi connectivity index (χ3v) is 5.54. The molecule has 0 bridgehead atoms. The molecule has 0 atom stereocenters. The molecular weight excluding hydrogens is 438 g/mol. The van der Waals surface area contributed by atoms with Crippen molar-refractivity contribution in [3.8, 4) is 22.8 Å². The summed E-state index contributed by atoms with van der Waals surface area (Å²) in [5.41, 5.74) is 9.25. The van der Waals surface area contributed by atoms with Gasteiger partial charge in [0.15, 0.2) is 11.5 Å². The van der Waals surface area contributed by atoms with Crippen LogP contribution in [-0.2, 0) is 6.54 Å². The molecule has 2 aromatic carbocycles. The molecule has 0 saturated heterocycles. The number of hydrogen-bond acceptors (Lipinski definition) is 7. The number of carbonyl (C=O) groups is 1. The Morgan fingerprint density at radius 2 is 1.82 bits per heavy atom. The highest BCUT2D eigenvalue weighted by molar-refractivity contribution is 7.71. The Morgan fingerprint density at radius 3 is 2.48 bits per heavy atom. The number of nitrogens with one attached hydrogen (secondary N) is 1. The van der Waals surface area contributed by atoms with Crippen molar-refractivity contribution in [2.24, 2.45) is 0 Å². The molecule has 0 aliphatic heterocycles. The van der Waals surface area contributed by atoms with Gasteiger partial charge < -0.3 is 25.1 Å². The van der Waals surface area contributed by atoms with Crippen molar-refractivity contribution in [1.29, 1.82) is 0 Å². The number of nitrogens with two attached hydrogens (primary N) is 1. The van der Waals surface area contributed by atoms with E-state index in [0.717, 1.165) is 11.3 Å². The number of ether oxygens (including phenoxy) is 2. The van der Waals surface area contributed by atoms with E-state index in [1.165, 1.54) is 0 Å². The fraction of sp³-hybridized carbons (Fsp3) is 0.167. The largest absolute Gasteiger partial charge is 0.493 e. The van der Waals surface area contributed by atoms with Gasteiger partial charge in [-0.05, 0) is 30.4 Å². The average Bonchev–Trinajstić information content (AvgIpc) is 2.85. The standard InChI is InChI=1S/C24H23N5O3S/c1-31-20-12-17-19(13-21(20)32-2)28-24(33)29(22(17)25)11-10-26-23(30)16-8-9-18(27-14-16)15-6-4-3-5-7-15/h3-9,12-14H,10-11,25H2,1-2H3,(H,26,30). The molecule has 168 valence electrons. The number of nitrogens with zero attached hydrogens (tertiary/aromatic N) is 3. The van der Waals surface area contributed by atoms with Gasteiger partial charge in [-0.3, -0.25) is 9.78 Å². The number of aromatic nitrogens is 3. The summed E-state index contributed by atoms with van der Waals surface area (Å²) < 4.78 is 12.7. The highest BCUT2D eigenvalue weighted by atomic mass is 32.1. The minimum atomic E-state index is -0.229. The van der Waals surface area contributed by atoms with E-state index < -0.39 is 0 Å². The van der Waals surface area contributed by atoms with Crippen molar-refractivity contribution in [3.63, 3.8) is 0 Å². The Bertz CT molecular complexity index is 1350. The molecule has 0 aliphatic rings. The molecule has 3 N–H and O–H groups in total. The number of pyridine rings is 1. The summed E-state index contributed by atoms with van der Waals surface area (Å²) in [4.78, 5) is 21.4. The number of rotatable bonds is 7. The van der Waals surface area contributed by atoms with E-state index in [4.69, 9.17) is 27.4 Å². The molecule has 4 aromatic rings. The van der Waals surface area contributed by atoms with Crippen LogP contribution in [-0.4, -0.2) is 41.2 Å². The molecule has 1 amide bonds. The number of anilines is 1. The van der Waals surface area contributed by atoms with Crippen molar-refractivity contribution < 1.29 is 14.3 Å². The van der Waals surface area contributed by atoms with Crippen LogP contribution in [0.1, 0.15) is 10.4 Å². The van der Waals surface area contributed by atoms with E-state index in [0.29, 0.717) is 51.6 Å². The van der Waals surface area contributed by atoms with Crippen LogP contribution in [0.25, 0.3) is 22.2 Å². The third kappa shape index (κ3) is 4.63. The van der Waals surface area contributed by atoms with E-state index in [2.05, 4.69) is 15.3 Å². The maximum Gasteiger partial charge on any atom is 0.252 e. The fourth-order valence-corrected chi connectivity index (χ4v) is 3.77. The second-order valence-electron chi connectivity index (χ2n) is 7.21. The zero-order chi connectivity index (χ0) is 23.4.